The second kappa shape index (κ2) is 11.7. The lowest BCUT2D eigenvalue weighted by atomic mass is 9.86. The maximum Gasteiger partial charge on any atom is 0.337 e. The molecule has 3 aromatic heterocycles. The van der Waals surface area contributed by atoms with Gasteiger partial charge in [-0.25, -0.2) is 19.2 Å². The van der Waals surface area contributed by atoms with E-state index in [-0.39, 0.29) is 5.75 Å². The van der Waals surface area contributed by atoms with Crippen molar-refractivity contribution in [3.05, 3.63) is 58.7 Å². The number of aryl methyl sites for hydroxylation is 2. The molecule has 1 fully saturated rings. The highest BCUT2D eigenvalue weighted by molar-refractivity contribution is 6.01. The zero-order valence-electron chi connectivity index (χ0n) is 27.2. The van der Waals surface area contributed by atoms with Gasteiger partial charge < -0.3 is 28.9 Å². The quantitative estimate of drug-likeness (QED) is 0.279. The molecule has 10 heteroatoms. The minimum Gasteiger partial charge on any atom is -0.490 e. The highest BCUT2D eigenvalue weighted by Crippen LogP contribution is 2.45. The monoisotopic (exact) mass is 615 g/mol. The molecule has 2 aliphatic heterocycles. The van der Waals surface area contributed by atoms with Crippen LogP contribution in [0.5, 0.6) is 5.75 Å². The third-order valence-electron chi connectivity index (χ3n) is 8.94. The average molecular weight is 616 g/mol. The number of likely N-dealkylation sites (N-methyl/N-ethyl adjacent to an activating group) is 1. The number of pyridine rings is 2. The van der Waals surface area contributed by atoms with Gasteiger partial charge in [0, 0.05) is 72.8 Å². The molecule has 9 nitrogen and oxygen atoms in total. The number of aliphatic carboxylic acids is 1. The summed E-state index contributed by atoms with van der Waals surface area (Å²) in [4.78, 5) is 27.1. The molecular formula is C35H42FN5O4. The summed E-state index contributed by atoms with van der Waals surface area (Å²) in [6.07, 6.45) is 1.97. The molecule has 1 aromatic carbocycles. The van der Waals surface area contributed by atoms with Gasteiger partial charge in [0.1, 0.15) is 11.5 Å². The van der Waals surface area contributed by atoms with E-state index < -0.39 is 23.5 Å². The number of nitrogens with zero attached hydrogens (tertiary/aromatic N) is 5. The van der Waals surface area contributed by atoms with Crippen LogP contribution in [0.25, 0.3) is 33.4 Å². The van der Waals surface area contributed by atoms with Crippen LogP contribution in [0.15, 0.2) is 30.5 Å². The topological polar surface area (TPSA) is 93.0 Å². The summed E-state index contributed by atoms with van der Waals surface area (Å²) in [6.45, 7) is 13.4. The standard InChI is InChI=1S/C35H42FN5O4/c1-20-23-9-8-16-44-31(23)26(36)18-24(20)30-25-19-27(22-10-11-37-28(17-22)41-14-12-39(6)13-15-41)40(7)33(25)38-21(2)29(30)32(34(42)43)45-35(3,4)5/h10-11,17-19,32H,8-9,12-16H2,1-7H3,(H,42,43)/t32-/m0/s1. The lowest BCUT2D eigenvalue weighted by Gasteiger charge is -2.33. The molecule has 0 bridgehead atoms. The molecule has 0 saturated carbocycles. The van der Waals surface area contributed by atoms with Crippen LogP contribution in [-0.4, -0.2) is 75.9 Å². The molecular weight excluding hydrogens is 573 g/mol. The van der Waals surface area contributed by atoms with Crippen LogP contribution >= 0.6 is 0 Å². The minimum absolute atomic E-state index is 0.286. The summed E-state index contributed by atoms with van der Waals surface area (Å²) in [5, 5.41) is 11.2. The van der Waals surface area contributed by atoms with E-state index in [9.17, 15) is 9.90 Å². The molecule has 238 valence electrons. The first-order chi connectivity index (χ1) is 21.3. The van der Waals surface area contributed by atoms with Gasteiger partial charge in [-0.15, -0.1) is 0 Å². The van der Waals surface area contributed by atoms with Crippen LogP contribution in [0.2, 0.25) is 0 Å². The summed E-state index contributed by atoms with van der Waals surface area (Å²) in [6, 6.07) is 7.59. The summed E-state index contributed by atoms with van der Waals surface area (Å²) >= 11 is 0. The van der Waals surface area contributed by atoms with Crippen molar-refractivity contribution < 1.29 is 23.8 Å². The van der Waals surface area contributed by atoms with Gasteiger partial charge in [-0.2, -0.15) is 0 Å². The van der Waals surface area contributed by atoms with Crippen molar-refractivity contribution >= 4 is 22.8 Å². The molecule has 0 radical (unpaired) electrons. The third kappa shape index (κ3) is 5.77. The van der Waals surface area contributed by atoms with E-state index in [2.05, 4.69) is 27.9 Å². The normalized spacial score (nSPS) is 16.5. The Kier molecular flexibility index (Phi) is 8.07. The Morgan fingerprint density at radius 2 is 1.84 bits per heavy atom. The zero-order chi connectivity index (χ0) is 32.2. The van der Waals surface area contributed by atoms with E-state index in [1.807, 2.05) is 57.6 Å². The largest absolute Gasteiger partial charge is 0.490 e. The first-order valence-corrected chi connectivity index (χ1v) is 15.6. The Bertz CT molecular complexity index is 1790. The Hall–Kier alpha value is -4.02. The lowest BCUT2D eigenvalue weighted by molar-refractivity contribution is -0.160. The maximum atomic E-state index is 15.7. The van der Waals surface area contributed by atoms with Crippen molar-refractivity contribution in [2.24, 2.45) is 7.05 Å². The number of anilines is 1. The van der Waals surface area contributed by atoms with E-state index in [1.54, 1.807) is 6.92 Å². The molecule has 1 N–H and O–H groups in total. The number of hydrogen-bond donors (Lipinski definition) is 1. The average Bonchev–Trinajstić information content (AvgIpc) is 3.33. The third-order valence-corrected chi connectivity index (χ3v) is 8.94. The van der Waals surface area contributed by atoms with Gasteiger partial charge in [-0.3, -0.25) is 0 Å². The van der Waals surface area contributed by atoms with Crippen molar-refractivity contribution in [3.8, 4) is 28.1 Å². The fraction of sp³-hybridized carbons (Fsp3) is 0.457. The van der Waals surface area contributed by atoms with Gasteiger partial charge in [-0.05, 0) is 89.9 Å². The number of piperazine rings is 1. The molecule has 0 aliphatic carbocycles. The fourth-order valence-corrected chi connectivity index (χ4v) is 6.64. The Morgan fingerprint density at radius 3 is 2.53 bits per heavy atom. The van der Waals surface area contributed by atoms with Crippen molar-refractivity contribution in [1.29, 1.82) is 0 Å². The second-order valence-corrected chi connectivity index (χ2v) is 13.2. The number of hydrogen-bond acceptors (Lipinski definition) is 7. The zero-order valence-corrected chi connectivity index (χ0v) is 27.2. The van der Waals surface area contributed by atoms with Crippen molar-refractivity contribution in [2.45, 2.75) is 59.2 Å². The summed E-state index contributed by atoms with van der Waals surface area (Å²) < 4.78 is 29.7. The van der Waals surface area contributed by atoms with E-state index in [1.165, 1.54) is 6.07 Å². The predicted molar refractivity (Wildman–Crippen MR) is 174 cm³/mol. The number of fused-ring (bicyclic) bond motifs is 2. The predicted octanol–water partition coefficient (Wildman–Crippen LogP) is 6.08. The maximum absolute atomic E-state index is 15.7. The lowest BCUT2D eigenvalue weighted by Crippen LogP contribution is -2.44. The molecule has 45 heavy (non-hydrogen) atoms. The number of aromatic nitrogens is 3. The molecule has 0 amide bonds. The first-order valence-electron chi connectivity index (χ1n) is 15.6. The van der Waals surface area contributed by atoms with Gasteiger partial charge in [0.25, 0.3) is 0 Å². The van der Waals surface area contributed by atoms with Crippen LogP contribution in [0.3, 0.4) is 0 Å². The van der Waals surface area contributed by atoms with Gasteiger partial charge in [-0.1, -0.05) is 0 Å². The molecule has 0 spiro atoms. The van der Waals surface area contributed by atoms with Gasteiger partial charge >= 0.3 is 5.97 Å². The summed E-state index contributed by atoms with van der Waals surface area (Å²) in [5.41, 5.74) is 5.64. The number of ether oxygens (including phenoxy) is 2. The second-order valence-electron chi connectivity index (χ2n) is 13.2. The Morgan fingerprint density at radius 1 is 1.11 bits per heavy atom. The highest BCUT2D eigenvalue weighted by atomic mass is 19.1. The fourth-order valence-electron chi connectivity index (χ4n) is 6.64. The number of carbonyl (C=O) groups is 1. The van der Waals surface area contributed by atoms with E-state index in [0.29, 0.717) is 41.1 Å². The molecule has 6 rings (SSSR count). The number of halogens is 1. The number of benzene rings is 1. The first kappa shape index (κ1) is 31.0. The smallest absolute Gasteiger partial charge is 0.337 e. The van der Waals surface area contributed by atoms with Gasteiger partial charge in [0.15, 0.2) is 17.7 Å². The van der Waals surface area contributed by atoms with Crippen LogP contribution in [0.4, 0.5) is 10.2 Å². The summed E-state index contributed by atoms with van der Waals surface area (Å²) in [5.74, 6) is -0.386. The Labute approximate surface area is 263 Å². The number of rotatable bonds is 6. The van der Waals surface area contributed by atoms with Crippen molar-refractivity contribution in [3.63, 3.8) is 0 Å². The molecule has 1 atom stereocenters. The minimum atomic E-state index is -1.32. The molecule has 4 aromatic rings. The summed E-state index contributed by atoms with van der Waals surface area (Å²) in [7, 11) is 4.08. The van der Waals surface area contributed by atoms with Crippen molar-refractivity contribution in [1.82, 2.24) is 19.4 Å². The van der Waals surface area contributed by atoms with Crippen LogP contribution in [0, 0.1) is 19.7 Å². The van der Waals surface area contributed by atoms with Gasteiger partial charge in [0.2, 0.25) is 0 Å². The van der Waals surface area contributed by atoms with Crippen molar-refractivity contribution in [2.75, 3.05) is 44.7 Å². The molecule has 0 unspecified atom stereocenters. The molecule has 1 saturated heterocycles. The SMILES string of the molecule is Cc1nc2c(cc(-c3ccnc(N4CCN(C)CC4)c3)n2C)c(-c2cc(F)c3c(c2C)CCCO3)c1[C@H](OC(C)(C)C)C(=O)O. The van der Waals surface area contributed by atoms with Crippen LogP contribution in [-0.2, 0) is 23.0 Å². The molecule has 2 aliphatic rings. The van der Waals surface area contributed by atoms with E-state index in [0.717, 1.165) is 66.2 Å². The van der Waals surface area contributed by atoms with Crippen LogP contribution < -0.4 is 9.64 Å². The Balaban J connectivity index is 1.61. The highest BCUT2D eigenvalue weighted by Gasteiger charge is 2.34. The van der Waals surface area contributed by atoms with E-state index >= 15 is 4.39 Å². The number of carboxylic acids is 1. The van der Waals surface area contributed by atoms with Gasteiger partial charge in [0.05, 0.1) is 17.9 Å². The van der Waals surface area contributed by atoms with Crippen LogP contribution in [0.1, 0.15) is 55.7 Å². The number of carboxylic acid groups (broad SMARTS) is 1. The van der Waals surface area contributed by atoms with E-state index in [4.69, 9.17) is 14.5 Å². The molecule has 5 heterocycles.